The quantitative estimate of drug-likeness (QED) is 0.663. The van der Waals surface area contributed by atoms with Crippen molar-refractivity contribution >= 4 is 0 Å². The van der Waals surface area contributed by atoms with E-state index in [2.05, 4.69) is 35.6 Å². The van der Waals surface area contributed by atoms with E-state index in [1.165, 1.54) is 19.3 Å². The summed E-state index contributed by atoms with van der Waals surface area (Å²) in [6, 6.07) is 12.5. The number of hydrogen-bond donors (Lipinski definition) is 2. The first-order chi connectivity index (χ1) is 9.79. The van der Waals surface area contributed by atoms with E-state index in [9.17, 15) is 0 Å². The van der Waals surface area contributed by atoms with Crippen LogP contribution in [0.25, 0.3) is 5.69 Å². The van der Waals surface area contributed by atoms with Crippen LogP contribution in [0.5, 0.6) is 0 Å². The number of rotatable bonds is 4. The van der Waals surface area contributed by atoms with Crippen LogP contribution in [0.2, 0.25) is 0 Å². The molecule has 3 unspecified atom stereocenters. The Balaban J connectivity index is 1.91. The summed E-state index contributed by atoms with van der Waals surface area (Å²) in [5.74, 6) is 7.23. The average Bonchev–Trinajstić information content (AvgIpc) is 3.11. The van der Waals surface area contributed by atoms with Crippen molar-refractivity contribution in [2.75, 3.05) is 0 Å². The van der Waals surface area contributed by atoms with Crippen LogP contribution in [-0.2, 0) is 0 Å². The Bertz CT molecular complexity index is 549. The fourth-order valence-corrected chi connectivity index (χ4v) is 3.35. The molecule has 1 aromatic heterocycles. The van der Waals surface area contributed by atoms with Gasteiger partial charge in [0.2, 0.25) is 0 Å². The van der Waals surface area contributed by atoms with Crippen LogP contribution in [-0.4, -0.2) is 9.78 Å². The van der Waals surface area contributed by atoms with E-state index < -0.39 is 0 Å². The number of benzene rings is 1. The third-order valence-corrected chi connectivity index (χ3v) is 4.38. The molecule has 1 aliphatic carbocycles. The topological polar surface area (TPSA) is 55.9 Å². The van der Waals surface area contributed by atoms with Crippen molar-refractivity contribution in [2.45, 2.75) is 32.2 Å². The van der Waals surface area contributed by atoms with Crippen molar-refractivity contribution in [1.82, 2.24) is 15.2 Å². The molecule has 3 atom stereocenters. The highest BCUT2D eigenvalue weighted by Crippen LogP contribution is 2.38. The zero-order valence-corrected chi connectivity index (χ0v) is 11.9. The van der Waals surface area contributed by atoms with Gasteiger partial charge in [0.15, 0.2) is 0 Å². The average molecular weight is 270 g/mol. The van der Waals surface area contributed by atoms with E-state index in [0.717, 1.165) is 17.3 Å². The van der Waals surface area contributed by atoms with Crippen molar-refractivity contribution in [3.8, 4) is 5.69 Å². The number of hydrazine groups is 1. The zero-order valence-electron chi connectivity index (χ0n) is 11.9. The van der Waals surface area contributed by atoms with Crippen LogP contribution >= 0.6 is 0 Å². The summed E-state index contributed by atoms with van der Waals surface area (Å²) in [7, 11) is 0. The van der Waals surface area contributed by atoms with E-state index >= 15 is 0 Å². The number of para-hydroxylation sites is 1. The first-order valence-electron chi connectivity index (χ1n) is 7.35. The second-order valence-corrected chi connectivity index (χ2v) is 5.83. The fourth-order valence-electron chi connectivity index (χ4n) is 3.35. The zero-order chi connectivity index (χ0) is 13.9. The highest BCUT2D eigenvalue weighted by Gasteiger charge is 2.31. The van der Waals surface area contributed by atoms with E-state index in [1.54, 1.807) is 0 Å². The molecule has 0 aliphatic heterocycles. The molecule has 1 aromatic carbocycles. The van der Waals surface area contributed by atoms with Gasteiger partial charge in [-0.05, 0) is 42.9 Å². The van der Waals surface area contributed by atoms with Gasteiger partial charge in [-0.25, -0.2) is 4.68 Å². The lowest BCUT2D eigenvalue weighted by Crippen LogP contribution is -2.34. The normalized spacial score (nSPS) is 23.9. The predicted molar refractivity (Wildman–Crippen MR) is 80.1 cm³/mol. The van der Waals surface area contributed by atoms with Crippen LogP contribution in [0.3, 0.4) is 0 Å². The van der Waals surface area contributed by atoms with E-state index in [-0.39, 0.29) is 6.04 Å². The van der Waals surface area contributed by atoms with Crippen molar-refractivity contribution in [1.29, 1.82) is 0 Å². The molecule has 2 aromatic rings. The summed E-state index contributed by atoms with van der Waals surface area (Å²) >= 11 is 0. The minimum atomic E-state index is 0.169. The first kappa shape index (κ1) is 13.3. The molecule has 0 bridgehead atoms. The van der Waals surface area contributed by atoms with Crippen LogP contribution in [0, 0.1) is 11.8 Å². The van der Waals surface area contributed by atoms with Crippen LogP contribution in [0.15, 0.2) is 42.6 Å². The van der Waals surface area contributed by atoms with E-state index in [4.69, 9.17) is 5.84 Å². The van der Waals surface area contributed by atoms with Crippen molar-refractivity contribution < 1.29 is 0 Å². The third-order valence-electron chi connectivity index (χ3n) is 4.38. The molecule has 0 spiro atoms. The minimum Gasteiger partial charge on any atom is -0.271 e. The fraction of sp³-hybridized carbons (Fsp3) is 0.438. The van der Waals surface area contributed by atoms with Crippen molar-refractivity contribution in [3.05, 3.63) is 48.3 Å². The molecule has 1 aliphatic rings. The lowest BCUT2D eigenvalue weighted by molar-refractivity contribution is 0.351. The van der Waals surface area contributed by atoms with Gasteiger partial charge in [-0.2, -0.15) is 5.10 Å². The molecule has 4 heteroatoms. The van der Waals surface area contributed by atoms with Gasteiger partial charge in [-0.1, -0.05) is 31.5 Å². The molecular weight excluding hydrogens is 248 g/mol. The first-order valence-corrected chi connectivity index (χ1v) is 7.35. The molecule has 106 valence electrons. The van der Waals surface area contributed by atoms with Gasteiger partial charge in [-0.3, -0.25) is 11.3 Å². The molecule has 0 radical (unpaired) electrons. The Hall–Kier alpha value is -1.65. The van der Waals surface area contributed by atoms with Gasteiger partial charge in [0.1, 0.15) is 0 Å². The minimum absolute atomic E-state index is 0.169. The second kappa shape index (κ2) is 5.77. The standard InChI is InChI=1S/C16H22N4/c1-12-7-8-13(11-12)16(19-17)15-9-10-18-20(15)14-5-3-2-4-6-14/h2-6,9-10,12-13,16,19H,7-8,11,17H2,1H3. The molecule has 3 rings (SSSR count). The van der Waals surface area contributed by atoms with Crippen molar-refractivity contribution in [3.63, 3.8) is 0 Å². The summed E-state index contributed by atoms with van der Waals surface area (Å²) in [5, 5.41) is 4.47. The molecule has 1 fully saturated rings. The molecular formula is C16H22N4. The van der Waals surface area contributed by atoms with Gasteiger partial charge < -0.3 is 0 Å². The Labute approximate surface area is 120 Å². The Kier molecular flexibility index (Phi) is 3.85. The third kappa shape index (κ3) is 2.49. The summed E-state index contributed by atoms with van der Waals surface area (Å²) in [6.07, 6.45) is 5.61. The largest absolute Gasteiger partial charge is 0.271 e. The highest BCUT2D eigenvalue weighted by atomic mass is 15.3. The number of hydrogen-bond acceptors (Lipinski definition) is 3. The lowest BCUT2D eigenvalue weighted by Gasteiger charge is -2.24. The smallest absolute Gasteiger partial charge is 0.0661 e. The maximum Gasteiger partial charge on any atom is 0.0661 e. The number of nitrogens with one attached hydrogen (secondary N) is 1. The van der Waals surface area contributed by atoms with Gasteiger partial charge in [-0.15, -0.1) is 0 Å². The monoisotopic (exact) mass is 270 g/mol. The summed E-state index contributed by atoms with van der Waals surface area (Å²) in [4.78, 5) is 0. The van der Waals surface area contributed by atoms with Gasteiger partial charge >= 0.3 is 0 Å². The van der Waals surface area contributed by atoms with E-state index in [0.29, 0.717) is 5.92 Å². The molecule has 4 nitrogen and oxygen atoms in total. The van der Waals surface area contributed by atoms with E-state index in [1.807, 2.05) is 29.1 Å². The maximum absolute atomic E-state index is 5.85. The van der Waals surface area contributed by atoms with Crippen LogP contribution in [0.1, 0.15) is 37.9 Å². The maximum atomic E-state index is 5.85. The van der Waals surface area contributed by atoms with Gasteiger partial charge in [0.05, 0.1) is 17.4 Å². The van der Waals surface area contributed by atoms with Crippen molar-refractivity contribution in [2.24, 2.45) is 17.7 Å². The summed E-state index contributed by atoms with van der Waals surface area (Å²) < 4.78 is 1.99. The SMILES string of the molecule is CC1CCC(C(NN)c2ccnn2-c2ccccc2)C1. The molecule has 20 heavy (non-hydrogen) atoms. The predicted octanol–water partition coefficient (Wildman–Crippen LogP) is 2.81. The molecule has 1 heterocycles. The summed E-state index contributed by atoms with van der Waals surface area (Å²) in [6.45, 7) is 2.32. The number of nitrogens with zero attached hydrogens (tertiary/aromatic N) is 2. The van der Waals surface area contributed by atoms with Crippen LogP contribution < -0.4 is 11.3 Å². The molecule has 1 saturated carbocycles. The molecule has 0 amide bonds. The van der Waals surface area contributed by atoms with Crippen LogP contribution in [0.4, 0.5) is 0 Å². The Morgan fingerprint density at radius 1 is 1.25 bits per heavy atom. The van der Waals surface area contributed by atoms with Gasteiger partial charge in [0, 0.05) is 6.20 Å². The van der Waals surface area contributed by atoms with Gasteiger partial charge in [0.25, 0.3) is 0 Å². The number of aromatic nitrogens is 2. The second-order valence-electron chi connectivity index (χ2n) is 5.83. The lowest BCUT2D eigenvalue weighted by atomic mass is 9.94. The molecule has 0 saturated heterocycles. The highest BCUT2D eigenvalue weighted by molar-refractivity contribution is 5.33. The number of nitrogens with two attached hydrogens (primary N) is 1. The summed E-state index contributed by atoms with van der Waals surface area (Å²) in [5.41, 5.74) is 5.25. The Morgan fingerprint density at radius 3 is 2.70 bits per heavy atom. The Morgan fingerprint density at radius 2 is 2.05 bits per heavy atom. The molecule has 3 N–H and O–H groups in total.